The molecule has 0 saturated heterocycles. The fraction of sp³-hybridized carbons (Fsp3) is 0.333. The van der Waals surface area contributed by atoms with Crippen LogP contribution in [0.2, 0.25) is 0 Å². The molecule has 0 spiro atoms. The first-order valence-electron chi connectivity index (χ1n) is 7.43. The monoisotopic (exact) mass is 352 g/mol. The standard InChI is InChI=1S/C15H17FN4O3S/c1-20-7-6-17-14(20)9-18-15(21)10-2-5-12(16)13(8-10)24(22,23)19-11-3-4-11/h2,5-8,11,19H,3-4,9H2,1H3,(H,18,21). The number of benzene rings is 1. The van der Waals surface area contributed by atoms with Crippen LogP contribution < -0.4 is 10.0 Å². The predicted octanol–water partition coefficient (Wildman–Crippen LogP) is 0.930. The number of aryl methyl sites for hydroxylation is 1. The minimum Gasteiger partial charge on any atom is -0.345 e. The Kier molecular flexibility index (Phi) is 4.37. The van der Waals surface area contributed by atoms with Gasteiger partial charge in [0, 0.05) is 31.0 Å². The van der Waals surface area contributed by atoms with E-state index in [0.29, 0.717) is 5.82 Å². The van der Waals surface area contributed by atoms with E-state index in [-0.39, 0.29) is 18.2 Å². The Morgan fingerprint density at radius 2 is 2.17 bits per heavy atom. The van der Waals surface area contributed by atoms with E-state index in [1.165, 1.54) is 6.07 Å². The molecule has 3 rings (SSSR count). The summed E-state index contributed by atoms with van der Waals surface area (Å²) >= 11 is 0. The number of carbonyl (C=O) groups excluding carboxylic acids is 1. The molecular weight excluding hydrogens is 335 g/mol. The average molecular weight is 352 g/mol. The van der Waals surface area contributed by atoms with Gasteiger partial charge < -0.3 is 9.88 Å². The molecule has 1 heterocycles. The van der Waals surface area contributed by atoms with E-state index in [1.54, 1.807) is 24.0 Å². The molecule has 1 aliphatic rings. The van der Waals surface area contributed by atoms with Gasteiger partial charge in [0.1, 0.15) is 16.5 Å². The molecule has 1 aromatic heterocycles. The summed E-state index contributed by atoms with van der Waals surface area (Å²) in [6, 6.07) is 3.14. The zero-order chi connectivity index (χ0) is 17.3. The highest BCUT2D eigenvalue weighted by molar-refractivity contribution is 7.89. The molecule has 0 radical (unpaired) electrons. The number of hydrogen-bond donors (Lipinski definition) is 2. The number of nitrogens with one attached hydrogen (secondary N) is 2. The summed E-state index contributed by atoms with van der Waals surface area (Å²) in [5.74, 6) is -0.738. The van der Waals surface area contributed by atoms with Gasteiger partial charge in [0.05, 0.1) is 6.54 Å². The van der Waals surface area contributed by atoms with E-state index in [0.717, 1.165) is 25.0 Å². The van der Waals surface area contributed by atoms with Crippen LogP contribution >= 0.6 is 0 Å². The van der Waals surface area contributed by atoms with Crippen molar-refractivity contribution in [2.75, 3.05) is 0 Å². The Bertz CT molecular complexity index is 875. The van der Waals surface area contributed by atoms with Crippen LogP contribution in [0.3, 0.4) is 0 Å². The van der Waals surface area contributed by atoms with Gasteiger partial charge >= 0.3 is 0 Å². The number of nitrogens with zero attached hydrogens (tertiary/aromatic N) is 2. The van der Waals surface area contributed by atoms with Crippen LogP contribution in [0.4, 0.5) is 4.39 Å². The molecular formula is C15H17FN4O3S. The summed E-state index contributed by atoms with van der Waals surface area (Å²) in [5.41, 5.74) is 0.0711. The number of rotatable bonds is 6. The first-order chi connectivity index (χ1) is 11.4. The van der Waals surface area contributed by atoms with Gasteiger partial charge in [-0.25, -0.2) is 22.5 Å². The maximum absolute atomic E-state index is 13.9. The molecule has 0 bridgehead atoms. The Morgan fingerprint density at radius 3 is 2.79 bits per heavy atom. The van der Waals surface area contributed by atoms with E-state index < -0.39 is 26.6 Å². The molecule has 1 amide bonds. The maximum atomic E-state index is 13.9. The van der Waals surface area contributed by atoms with E-state index in [4.69, 9.17) is 0 Å². The fourth-order valence-electron chi connectivity index (χ4n) is 2.16. The van der Waals surface area contributed by atoms with Crippen molar-refractivity contribution in [1.29, 1.82) is 0 Å². The van der Waals surface area contributed by atoms with Gasteiger partial charge in [0.2, 0.25) is 10.0 Å². The third-order valence-corrected chi connectivity index (χ3v) is 5.25. The molecule has 0 unspecified atom stereocenters. The van der Waals surface area contributed by atoms with Gasteiger partial charge in [0.15, 0.2) is 0 Å². The SMILES string of the molecule is Cn1ccnc1CNC(=O)c1ccc(F)c(S(=O)(=O)NC2CC2)c1. The van der Waals surface area contributed by atoms with Crippen molar-refractivity contribution >= 4 is 15.9 Å². The smallest absolute Gasteiger partial charge is 0.251 e. The minimum atomic E-state index is -3.97. The Balaban J connectivity index is 1.77. The summed E-state index contributed by atoms with van der Waals surface area (Å²) < 4.78 is 42.4. The summed E-state index contributed by atoms with van der Waals surface area (Å²) in [7, 11) is -2.18. The first-order valence-corrected chi connectivity index (χ1v) is 8.91. The van der Waals surface area contributed by atoms with Crippen molar-refractivity contribution in [2.45, 2.75) is 30.3 Å². The number of hydrogen-bond acceptors (Lipinski definition) is 4. The Morgan fingerprint density at radius 1 is 1.42 bits per heavy atom. The molecule has 2 aromatic rings. The number of amides is 1. The predicted molar refractivity (Wildman–Crippen MR) is 84.1 cm³/mol. The lowest BCUT2D eigenvalue weighted by molar-refractivity contribution is 0.0949. The Hall–Kier alpha value is -2.26. The normalized spacial score (nSPS) is 14.6. The van der Waals surface area contributed by atoms with Crippen molar-refractivity contribution < 1.29 is 17.6 Å². The second kappa shape index (κ2) is 6.33. The van der Waals surface area contributed by atoms with Gasteiger partial charge in [-0.05, 0) is 31.0 Å². The highest BCUT2D eigenvalue weighted by atomic mass is 32.2. The molecule has 9 heteroatoms. The Labute approximate surface area is 138 Å². The molecule has 7 nitrogen and oxygen atoms in total. The average Bonchev–Trinajstić information content (AvgIpc) is 3.24. The zero-order valence-corrected chi connectivity index (χ0v) is 13.8. The van der Waals surface area contributed by atoms with Crippen LogP contribution in [0.1, 0.15) is 29.0 Å². The van der Waals surface area contributed by atoms with Crippen LogP contribution in [0.15, 0.2) is 35.5 Å². The second-order valence-electron chi connectivity index (χ2n) is 5.68. The largest absolute Gasteiger partial charge is 0.345 e. The van der Waals surface area contributed by atoms with Crippen molar-refractivity contribution in [3.05, 3.63) is 47.8 Å². The zero-order valence-electron chi connectivity index (χ0n) is 13.0. The summed E-state index contributed by atoms with van der Waals surface area (Å²) in [6.07, 6.45) is 4.83. The molecule has 1 saturated carbocycles. The van der Waals surface area contributed by atoms with E-state index in [1.807, 2.05) is 0 Å². The third-order valence-electron chi connectivity index (χ3n) is 3.71. The van der Waals surface area contributed by atoms with E-state index in [9.17, 15) is 17.6 Å². The topological polar surface area (TPSA) is 93.1 Å². The molecule has 0 aliphatic heterocycles. The molecule has 1 fully saturated rings. The van der Waals surface area contributed by atoms with E-state index >= 15 is 0 Å². The molecule has 2 N–H and O–H groups in total. The number of imidazole rings is 1. The third kappa shape index (κ3) is 3.62. The number of halogens is 1. The highest BCUT2D eigenvalue weighted by Gasteiger charge is 2.30. The quantitative estimate of drug-likeness (QED) is 0.809. The van der Waals surface area contributed by atoms with E-state index in [2.05, 4.69) is 15.0 Å². The van der Waals surface area contributed by atoms with Gasteiger partial charge in [-0.1, -0.05) is 0 Å². The lowest BCUT2D eigenvalue weighted by Gasteiger charge is -2.09. The van der Waals surface area contributed by atoms with Gasteiger partial charge in [-0.3, -0.25) is 4.79 Å². The summed E-state index contributed by atoms with van der Waals surface area (Å²) in [6.45, 7) is 0.183. The number of carbonyl (C=O) groups is 1. The summed E-state index contributed by atoms with van der Waals surface area (Å²) in [4.78, 5) is 15.7. The van der Waals surface area contributed by atoms with Gasteiger partial charge in [-0.15, -0.1) is 0 Å². The highest BCUT2D eigenvalue weighted by Crippen LogP contribution is 2.24. The van der Waals surface area contributed by atoms with Gasteiger partial charge in [0.25, 0.3) is 5.91 Å². The fourth-order valence-corrected chi connectivity index (χ4v) is 3.57. The van der Waals surface area contributed by atoms with Crippen molar-refractivity contribution in [3.8, 4) is 0 Å². The van der Waals surface area contributed by atoms with Crippen LogP contribution in [0.5, 0.6) is 0 Å². The number of aromatic nitrogens is 2. The molecule has 128 valence electrons. The number of sulfonamides is 1. The lowest BCUT2D eigenvalue weighted by atomic mass is 10.2. The van der Waals surface area contributed by atoms with Crippen molar-refractivity contribution in [3.63, 3.8) is 0 Å². The van der Waals surface area contributed by atoms with Crippen LogP contribution in [-0.2, 0) is 23.6 Å². The van der Waals surface area contributed by atoms with Crippen LogP contribution in [0.25, 0.3) is 0 Å². The van der Waals surface area contributed by atoms with Crippen LogP contribution in [-0.4, -0.2) is 29.9 Å². The second-order valence-corrected chi connectivity index (χ2v) is 7.36. The van der Waals surface area contributed by atoms with Crippen molar-refractivity contribution in [1.82, 2.24) is 19.6 Å². The van der Waals surface area contributed by atoms with Crippen LogP contribution in [0, 0.1) is 5.82 Å². The molecule has 1 aromatic carbocycles. The first kappa shape index (κ1) is 16.6. The molecule has 24 heavy (non-hydrogen) atoms. The molecule has 1 aliphatic carbocycles. The molecule has 0 atom stereocenters. The van der Waals surface area contributed by atoms with Gasteiger partial charge in [-0.2, -0.15) is 0 Å². The minimum absolute atomic E-state index is 0.0711. The summed E-state index contributed by atoms with van der Waals surface area (Å²) in [5, 5.41) is 2.63. The lowest BCUT2D eigenvalue weighted by Crippen LogP contribution is -2.28. The maximum Gasteiger partial charge on any atom is 0.251 e. The van der Waals surface area contributed by atoms with Crippen molar-refractivity contribution in [2.24, 2.45) is 7.05 Å².